The quantitative estimate of drug-likeness (QED) is 0.937. The van der Waals surface area contributed by atoms with E-state index < -0.39 is 11.7 Å². The van der Waals surface area contributed by atoms with Crippen molar-refractivity contribution in [1.29, 1.82) is 0 Å². The first-order valence-corrected chi connectivity index (χ1v) is 6.28. The lowest BCUT2D eigenvalue weighted by atomic mass is 10.0. The highest BCUT2D eigenvalue weighted by molar-refractivity contribution is 5.25. The van der Waals surface area contributed by atoms with Crippen LogP contribution in [0.1, 0.15) is 29.5 Å². The van der Waals surface area contributed by atoms with E-state index in [-0.39, 0.29) is 5.92 Å². The molecule has 0 saturated heterocycles. The number of nitrogens with two attached hydrogens (primary N) is 1. The van der Waals surface area contributed by atoms with E-state index in [0.29, 0.717) is 13.1 Å². The number of rotatable bonds is 4. The molecular formula is C14H16F3N3. The van der Waals surface area contributed by atoms with E-state index in [1.165, 1.54) is 4.68 Å². The van der Waals surface area contributed by atoms with Crippen LogP contribution in [0.3, 0.4) is 0 Å². The summed E-state index contributed by atoms with van der Waals surface area (Å²) in [5, 5.41) is 3.73. The van der Waals surface area contributed by atoms with Crippen LogP contribution >= 0.6 is 0 Å². The molecule has 108 valence electrons. The Bertz CT molecular complexity index is 558. The second-order valence-electron chi connectivity index (χ2n) is 4.80. The highest BCUT2D eigenvalue weighted by Gasteiger charge is 2.32. The molecule has 1 atom stereocenters. The Morgan fingerprint density at radius 2 is 1.90 bits per heavy atom. The Morgan fingerprint density at radius 3 is 2.40 bits per heavy atom. The Hall–Kier alpha value is -1.82. The molecule has 0 radical (unpaired) electrons. The first-order chi connectivity index (χ1) is 9.40. The van der Waals surface area contributed by atoms with E-state index in [0.717, 1.165) is 23.5 Å². The van der Waals surface area contributed by atoms with Gasteiger partial charge in [0.25, 0.3) is 0 Å². The third kappa shape index (κ3) is 3.39. The number of hydrogen-bond acceptors (Lipinski definition) is 2. The normalized spacial score (nSPS) is 13.4. The summed E-state index contributed by atoms with van der Waals surface area (Å²) in [6, 6.07) is 7.66. The van der Waals surface area contributed by atoms with Crippen molar-refractivity contribution in [3.8, 4) is 0 Å². The van der Waals surface area contributed by atoms with Crippen LogP contribution in [-0.4, -0.2) is 16.3 Å². The third-order valence-electron chi connectivity index (χ3n) is 3.21. The first-order valence-electron chi connectivity index (χ1n) is 6.28. The van der Waals surface area contributed by atoms with Gasteiger partial charge in [-0.25, -0.2) is 0 Å². The minimum Gasteiger partial charge on any atom is -0.330 e. The van der Waals surface area contributed by atoms with Crippen LogP contribution in [0, 0.1) is 0 Å². The maximum atomic E-state index is 12.5. The smallest absolute Gasteiger partial charge is 0.330 e. The predicted molar refractivity (Wildman–Crippen MR) is 70.2 cm³/mol. The summed E-state index contributed by atoms with van der Waals surface area (Å²) < 4.78 is 38.6. The molecule has 1 aromatic heterocycles. The van der Waals surface area contributed by atoms with Gasteiger partial charge in [-0.3, -0.25) is 4.68 Å². The number of benzene rings is 1. The molecule has 3 nitrogen and oxygen atoms in total. The first kappa shape index (κ1) is 14.6. The zero-order valence-corrected chi connectivity index (χ0v) is 11.1. The Morgan fingerprint density at radius 1 is 1.25 bits per heavy atom. The van der Waals surface area contributed by atoms with Gasteiger partial charge in [0.2, 0.25) is 0 Å². The summed E-state index contributed by atoms with van der Waals surface area (Å²) in [6.07, 6.45) is -2.50. The van der Waals surface area contributed by atoms with Gasteiger partial charge in [0.15, 0.2) is 0 Å². The minimum absolute atomic E-state index is 0.269. The number of halogens is 3. The van der Waals surface area contributed by atoms with Crippen molar-refractivity contribution in [3.05, 3.63) is 53.3 Å². The van der Waals surface area contributed by atoms with Crippen LogP contribution in [0.2, 0.25) is 0 Å². The van der Waals surface area contributed by atoms with Gasteiger partial charge in [0.05, 0.1) is 18.3 Å². The van der Waals surface area contributed by atoms with Crippen LogP contribution < -0.4 is 5.73 Å². The summed E-state index contributed by atoms with van der Waals surface area (Å²) in [5.74, 6) is 0.269. The topological polar surface area (TPSA) is 43.8 Å². The van der Waals surface area contributed by atoms with Crippen molar-refractivity contribution < 1.29 is 13.2 Å². The zero-order chi connectivity index (χ0) is 14.8. The van der Waals surface area contributed by atoms with E-state index in [1.54, 1.807) is 0 Å². The summed E-state index contributed by atoms with van der Waals surface area (Å²) >= 11 is 0. The van der Waals surface area contributed by atoms with Crippen LogP contribution in [0.5, 0.6) is 0 Å². The molecule has 2 aromatic rings. The fourth-order valence-electron chi connectivity index (χ4n) is 1.87. The van der Waals surface area contributed by atoms with Crippen LogP contribution in [0.4, 0.5) is 13.2 Å². The molecule has 0 fully saturated rings. The van der Waals surface area contributed by atoms with Crippen molar-refractivity contribution in [3.63, 3.8) is 0 Å². The molecular weight excluding hydrogens is 267 g/mol. The van der Waals surface area contributed by atoms with Gasteiger partial charge in [0.1, 0.15) is 0 Å². The second kappa shape index (κ2) is 5.66. The maximum Gasteiger partial charge on any atom is 0.419 e. The number of alkyl halides is 3. The highest BCUT2D eigenvalue weighted by Crippen LogP contribution is 2.28. The lowest BCUT2D eigenvalue weighted by Gasteiger charge is -2.09. The fourth-order valence-corrected chi connectivity index (χ4v) is 1.87. The van der Waals surface area contributed by atoms with Crippen molar-refractivity contribution in [1.82, 2.24) is 9.78 Å². The fraction of sp³-hybridized carbons (Fsp3) is 0.357. The van der Waals surface area contributed by atoms with E-state index in [2.05, 4.69) is 5.10 Å². The van der Waals surface area contributed by atoms with Crippen molar-refractivity contribution in [2.45, 2.75) is 25.6 Å². The third-order valence-corrected chi connectivity index (χ3v) is 3.21. The number of aromatic nitrogens is 2. The van der Waals surface area contributed by atoms with E-state index >= 15 is 0 Å². The lowest BCUT2D eigenvalue weighted by Crippen LogP contribution is -2.09. The molecule has 1 unspecified atom stereocenters. The molecule has 2 rings (SSSR count). The van der Waals surface area contributed by atoms with Crippen molar-refractivity contribution in [2.75, 3.05) is 6.54 Å². The lowest BCUT2D eigenvalue weighted by molar-refractivity contribution is -0.137. The average molecular weight is 283 g/mol. The van der Waals surface area contributed by atoms with Gasteiger partial charge in [-0.1, -0.05) is 31.2 Å². The van der Waals surface area contributed by atoms with E-state index in [9.17, 15) is 13.2 Å². The van der Waals surface area contributed by atoms with Crippen LogP contribution in [0.25, 0.3) is 0 Å². The SMILES string of the molecule is CC(CN)c1ccc(Cn2cc(C(F)(F)F)cn2)cc1. The summed E-state index contributed by atoms with van der Waals surface area (Å²) in [7, 11) is 0. The van der Waals surface area contributed by atoms with Gasteiger partial charge in [0, 0.05) is 6.20 Å². The predicted octanol–water partition coefficient (Wildman–Crippen LogP) is 3.01. The Balaban J connectivity index is 2.08. The minimum atomic E-state index is -4.35. The Kier molecular flexibility index (Phi) is 4.13. The van der Waals surface area contributed by atoms with Gasteiger partial charge >= 0.3 is 6.18 Å². The molecule has 0 aliphatic rings. The summed E-state index contributed by atoms with van der Waals surface area (Å²) in [5.41, 5.74) is 6.87. The largest absolute Gasteiger partial charge is 0.419 e. The molecule has 0 saturated carbocycles. The molecule has 0 bridgehead atoms. The monoisotopic (exact) mass is 283 g/mol. The standard InChI is InChI=1S/C14H16F3N3/c1-10(6-18)12-4-2-11(3-5-12)8-20-9-13(7-19-20)14(15,16)17/h2-5,7,9-10H,6,8,18H2,1H3. The highest BCUT2D eigenvalue weighted by atomic mass is 19.4. The van der Waals surface area contributed by atoms with Gasteiger partial charge in [-0.2, -0.15) is 18.3 Å². The van der Waals surface area contributed by atoms with Crippen LogP contribution in [0.15, 0.2) is 36.7 Å². The maximum absolute atomic E-state index is 12.5. The van der Waals surface area contributed by atoms with Gasteiger partial charge in [-0.15, -0.1) is 0 Å². The molecule has 0 aliphatic heterocycles. The molecule has 0 spiro atoms. The average Bonchev–Trinajstić information content (AvgIpc) is 2.87. The second-order valence-corrected chi connectivity index (χ2v) is 4.80. The van der Waals surface area contributed by atoms with Gasteiger partial charge in [-0.05, 0) is 23.6 Å². The molecule has 0 aliphatic carbocycles. The Labute approximate surface area is 115 Å². The molecule has 2 N–H and O–H groups in total. The molecule has 20 heavy (non-hydrogen) atoms. The van der Waals surface area contributed by atoms with Gasteiger partial charge < -0.3 is 5.73 Å². The number of hydrogen-bond donors (Lipinski definition) is 1. The molecule has 1 heterocycles. The summed E-state index contributed by atoms with van der Waals surface area (Å²) in [4.78, 5) is 0. The molecule has 0 amide bonds. The molecule has 1 aromatic carbocycles. The van der Waals surface area contributed by atoms with E-state index in [1.807, 2.05) is 31.2 Å². The summed E-state index contributed by atoms with van der Waals surface area (Å²) in [6.45, 7) is 2.90. The van der Waals surface area contributed by atoms with E-state index in [4.69, 9.17) is 5.73 Å². The molecule has 6 heteroatoms. The van der Waals surface area contributed by atoms with Crippen LogP contribution in [-0.2, 0) is 12.7 Å². The van der Waals surface area contributed by atoms with Crippen molar-refractivity contribution >= 4 is 0 Å². The number of nitrogens with zero attached hydrogens (tertiary/aromatic N) is 2. The van der Waals surface area contributed by atoms with Crippen molar-refractivity contribution in [2.24, 2.45) is 5.73 Å². The zero-order valence-electron chi connectivity index (χ0n) is 11.1.